The highest BCUT2D eigenvalue weighted by Gasteiger charge is 2.27. The van der Waals surface area contributed by atoms with Crippen LogP contribution in [0.1, 0.15) is 35.7 Å². The number of piperazine rings is 2. The molecule has 0 radical (unpaired) electrons. The number of nitrogens with one attached hydrogen (secondary N) is 4. The molecule has 4 N–H and O–H groups in total. The zero-order valence-electron chi connectivity index (χ0n) is 37.6. The molecule has 66 heavy (non-hydrogen) atoms. The summed E-state index contributed by atoms with van der Waals surface area (Å²) in [4.78, 5) is 27.8. The number of hydrogen-bond donors (Lipinski definition) is 4. The lowest BCUT2D eigenvalue weighted by Crippen LogP contribution is -2.46. The van der Waals surface area contributed by atoms with Crippen molar-refractivity contribution >= 4 is 92.7 Å². The largest absolute Gasteiger partial charge is 0.494 e. The lowest BCUT2D eigenvalue weighted by Gasteiger charge is -2.41. The summed E-state index contributed by atoms with van der Waals surface area (Å²) in [6.07, 6.45) is 3.76. The van der Waals surface area contributed by atoms with Gasteiger partial charge in [-0.1, -0.05) is 76.7 Å². The Bertz CT molecular complexity index is 2610. The Morgan fingerprint density at radius 2 is 1.24 bits per heavy atom. The van der Waals surface area contributed by atoms with E-state index in [2.05, 4.69) is 119 Å². The number of aromatic nitrogens is 4. The molecular formula is C48H54Cl4N12O2. The molecule has 2 unspecified atom stereocenters. The van der Waals surface area contributed by atoms with E-state index in [1.165, 1.54) is 5.56 Å². The van der Waals surface area contributed by atoms with Crippen LogP contribution in [-0.2, 0) is 6.42 Å². The summed E-state index contributed by atoms with van der Waals surface area (Å²) in [7, 11) is 7.66. The normalized spacial score (nSPS) is 16.2. The highest BCUT2D eigenvalue weighted by molar-refractivity contribution is 6.36. The van der Waals surface area contributed by atoms with Gasteiger partial charge in [0.2, 0.25) is 11.9 Å². The summed E-state index contributed by atoms with van der Waals surface area (Å²) in [6.45, 7) is 9.11. The van der Waals surface area contributed by atoms with Crippen molar-refractivity contribution in [3.8, 4) is 11.5 Å². The zero-order valence-corrected chi connectivity index (χ0v) is 40.6. The molecular weight excluding hydrogens is 918 g/mol. The minimum atomic E-state index is -0.110. The first-order valence-electron chi connectivity index (χ1n) is 21.8. The van der Waals surface area contributed by atoms with Crippen molar-refractivity contribution in [1.29, 1.82) is 0 Å². The van der Waals surface area contributed by atoms with Crippen molar-refractivity contribution < 1.29 is 9.47 Å². The second kappa shape index (κ2) is 21.4. The third kappa shape index (κ3) is 11.2. The molecule has 18 heteroatoms. The smallest absolute Gasteiger partial charge is 0.229 e. The van der Waals surface area contributed by atoms with Crippen LogP contribution in [-0.4, -0.2) is 110 Å². The molecule has 6 aromatic rings. The minimum Gasteiger partial charge on any atom is -0.494 e. The summed E-state index contributed by atoms with van der Waals surface area (Å²) >= 11 is 25.9. The molecule has 4 aromatic carbocycles. The Labute approximate surface area is 406 Å². The van der Waals surface area contributed by atoms with Gasteiger partial charge in [0.05, 0.1) is 50.1 Å². The Kier molecular flexibility index (Phi) is 15.3. The number of rotatable bonds is 16. The molecule has 346 valence electrons. The predicted octanol–water partition coefficient (Wildman–Crippen LogP) is 10.5. The van der Waals surface area contributed by atoms with Gasteiger partial charge in [-0.05, 0) is 80.5 Å². The SMILES string of the molecule is COc1cc(N2CCN(C)C(c3cccc(C(C)Nc4nc(Nc5ccc(N6CCN(C)CC6)cc5OC)ncc4Cl)c3)C2)ccc1Nc1ncc(Cl)c(NCCc2c(Cl)cccc2Cl)n1. The van der Waals surface area contributed by atoms with Crippen LogP contribution in [0.4, 0.5) is 46.3 Å². The molecule has 0 spiro atoms. The molecule has 2 fully saturated rings. The quantitative estimate of drug-likeness (QED) is 0.0734. The van der Waals surface area contributed by atoms with Gasteiger partial charge in [0.1, 0.15) is 21.5 Å². The topological polar surface area (TPSA) is 131 Å². The fourth-order valence-electron chi connectivity index (χ4n) is 8.21. The summed E-state index contributed by atoms with van der Waals surface area (Å²) in [5.41, 5.74) is 6.83. The van der Waals surface area contributed by atoms with Gasteiger partial charge >= 0.3 is 0 Å². The van der Waals surface area contributed by atoms with Gasteiger partial charge in [0, 0.05) is 85.9 Å². The summed E-state index contributed by atoms with van der Waals surface area (Å²) in [5, 5.41) is 15.5. The van der Waals surface area contributed by atoms with Crippen LogP contribution in [0.15, 0.2) is 91.3 Å². The highest BCUT2D eigenvalue weighted by atomic mass is 35.5. The number of halogens is 4. The number of likely N-dealkylation sites (N-methyl/N-ethyl adjacent to an activating group) is 2. The molecule has 4 heterocycles. The van der Waals surface area contributed by atoms with Crippen LogP contribution >= 0.6 is 46.4 Å². The van der Waals surface area contributed by atoms with Gasteiger partial charge in [0.15, 0.2) is 11.6 Å². The molecule has 2 saturated heterocycles. The Morgan fingerprint density at radius 3 is 1.88 bits per heavy atom. The molecule has 0 saturated carbocycles. The molecule has 14 nitrogen and oxygen atoms in total. The van der Waals surface area contributed by atoms with Gasteiger partial charge in [-0.25, -0.2) is 9.97 Å². The van der Waals surface area contributed by atoms with Crippen LogP contribution in [0, 0.1) is 0 Å². The third-order valence-electron chi connectivity index (χ3n) is 12.1. The average molecular weight is 973 g/mol. The van der Waals surface area contributed by atoms with E-state index in [0.29, 0.717) is 68.1 Å². The second-order valence-corrected chi connectivity index (χ2v) is 18.1. The van der Waals surface area contributed by atoms with Gasteiger partial charge in [-0.15, -0.1) is 0 Å². The van der Waals surface area contributed by atoms with E-state index in [1.54, 1.807) is 26.6 Å². The first-order valence-corrected chi connectivity index (χ1v) is 23.3. The summed E-state index contributed by atoms with van der Waals surface area (Å²) in [5.74, 6) is 3.17. The maximum atomic E-state index is 6.68. The van der Waals surface area contributed by atoms with Crippen molar-refractivity contribution in [2.24, 2.45) is 0 Å². The predicted molar refractivity (Wildman–Crippen MR) is 271 cm³/mol. The lowest BCUT2D eigenvalue weighted by atomic mass is 9.97. The van der Waals surface area contributed by atoms with Gasteiger partial charge in [-0.3, -0.25) is 4.90 Å². The Balaban J connectivity index is 0.911. The first kappa shape index (κ1) is 47.0. The minimum absolute atomic E-state index is 0.110. The molecule has 8 rings (SSSR count). The fraction of sp³-hybridized carbons (Fsp3) is 0.333. The summed E-state index contributed by atoms with van der Waals surface area (Å²) < 4.78 is 11.7. The van der Waals surface area contributed by atoms with E-state index < -0.39 is 0 Å². The Hall–Kier alpha value is -5.48. The van der Waals surface area contributed by atoms with Crippen molar-refractivity contribution in [3.05, 3.63) is 128 Å². The molecule has 2 aliphatic heterocycles. The monoisotopic (exact) mass is 970 g/mol. The maximum Gasteiger partial charge on any atom is 0.229 e. The van der Waals surface area contributed by atoms with E-state index in [9.17, 15) is 0 Å². The van der Waals surface area contributed by atoms with E-state index in [-0.39, 0.29) is 12.1 Å². The number of nitrogens with zero attached hydrogens (tertiary/aromatic N) is 8. The number of hydrogen-bond acceptors (Lipinski definition) is 14. The number of benzene rings is 4. The van der Waals surface area contributed by atoms with E-state index in [1.807, 2.05) is 36.4 Å². The van der Waals surface area contributed by atoms with E-state index in [4.69, 9.17) is 60.9 Å². The van der Waals surface area contributed by atoms with Crippen molar-refractivity contribution in [1.82, 2.24) is 29.7 Å². The van der Waals surface area contributed by atoms with Crippen LogP contribution in [0.2, 0.25) is 20.1 Å². The third-order valence-corrected chi connectivity index (χ3v) is 13.4. The van der Waals surface area contributed by atoms with Gasteiger partial charge < -0.3 is 45.4 Å². The molecule has 2 atom stereocenters. The number of anilines is 8. The highest BCUT2D eigenvalue weighted by Crippen LogP contribution is 2.37. The van der Waals surface area contributed by atoms with Crippen LogP contribution < -0.4 is 40.5 Å². The second-order valence-electron chi connectivity index (χ2n) is 16.4. The van der Waals surface area contributed by atoms with Crippen molar-refractivity contribution in [3.63, 3.8) is 0 Å². The van der Waals surface area contributed by atoms with E-state index in [0.717, 1.165) is 79.7 Å². The number of methoxy groups -OCH3 is 2. The molecule has 2 aromatic heterocycles. The molecule has 0 aliphatic carbocycles. The summed E-state index contributed by atoms with van der Waals surface area (Å²) in [6, 6.07) is 26.5. The van der Waals surface area contributed by atoms with Gasteiger partial charge in [-0.2, -0.15) is 9.97 Å². The van der Waals surface area contributed by atoms with E-state index >= 15 is 0 Å². The van der Waals surface area contributed by atoms with Crippen LogP contribution in [0.3, 0.4) is 0 Å². The number of ether oxygens (including phenoxy) is 2. The fourth-order valence-corrected chi connectivity index (χ4v) is 9.10. The first-order chi connectivity index (χ1) is 32.0. The van der Waals surface area contributed by atoms with Crippen molar-refractivity contribution in [2.75, 3.05) is 112 Å². The molecule has 2 aliphatic rings. The zero-order chi connectivity index (χ0) is 46.3. The standard InChI is InChI=1S/C48H54Cl4N12O2/c1-30(56-46-39(52)28-55-48(60-46)58-40-14-12-33(25-43(40)65-4)63-21-18-61(2)19-22-63)31-8-6-9-32(24-31)42-29-64(23-20-62(42)3)34-13-15-41(44(26-34)66-5)57-47-54-27-38(51)45(59-47)53-17-16-35-36(49)10-7-11-37(35)50/h6-15,24-28,30,42H,16-23,29H2,1-5H3,(H2,53,54,57,59)(H2,55,56,58,60). The van der Waals surface area contributed by atoms with Crippen LogP contribution in [0.25, 0.3) is 0 Å². The molecule has 0 amide bonds. The average Bonchev–Trinajstić information content (AvgIpc) is 3.32. The molecule has 0 bridgehead atoms. The van der Waals surface area contributed by atoms with Crippen molar-refractivity contribution in [2.45, 2.75) is 25.4 Å². The van der Waals surface area contributed by atoms with Crippen LogP contribution in [0.5, 0.6) is 11.5 Å². The maximum absolute atomic E-state index is 6.68. The van der Waals surface area contributed by atoms with Gasteiger partial charge in [0.25, 0.3) is 0 Å². The lowest BCUT2D eigenvalue weighted by molar-refractivity contribution is 0.221. The Morgan fingerprint density at radius 1 is 0.667 bits per heavy atom.